The van der Waals surface area contributed by atoms with Crippen molar-refractivity contribution in [1.29, 1.82) is 0 Å². The summed E-state index contributed by atoms with van der Waals surface area (Å²) in [5.41, 5.74) is 2.11. The van der Waals surface area contributed by atoms with E-state index < -0.39 is 0 Å². The molecule has 0 bridgehead atoms. The highest BCUT2D eigenvalue weighted by atomic mass is 16.5. The maximum atomic E-state index is 11.8. The zero-order valence-electron chi connectivity index (χ0n) is 17.7. The fourth-order valence-corrected chi connectivity index (χ4v) is 3.28. The molecule has 1 aliphatic rings. The van der Waals surface area contributed by atoms with Crippen molar-refractivity contribution in [3.63, 3.8) is 0 Å². The van der Waals surface area contributed by atoms with Crippen LogP contribution in [0, 0.1) is 0 Å². The molecule has 0 spiro atoms. The smallest absolute Gasteiger partial charge is 0.227 e. The van der Waals surface area contributed by atoms with E-state index in [4.69, 9.17) is 9.47 Å². The first-order valence-electron chi connectivity index (χ1n) is 10.3. The average Bonchev–Trinajstić information content (AvgIpc) is 3.22. The fourth-order valence-electron chi connectivity index (χ4n) is 3.28. The molecule has 1 fully saturated rings. The van der Waals surface area contributed by atoms with Crippen LogP contribution < -0.4 is 25.0 Å². The lowest BCUT2D eigenvalue weighted by Gasteiger charge is -2.16. The molecule has 7 heteroatoms. The topological polar surface area (TPSA) is 75.2 Å². The Kier molecular flexibility index (Phi) is 7.94. The molecule has 0 saturated carbocycles. The van der Waals surface area contributed by atoms with Crippen molar-refractivity contribution in [2.45, 2.75) is 25.8 Å². The van der Waals surface area contributed by atoms with E-state index >= 15 is 0 Å². The second kappa shape index (κ2) is 11.1. The van der Waals surface area contributed by atoms with Crippen molar-refractivity contribution in [2.24, 2.45) is 4.99 Å². The predicted molar refractivity (Wildman–Crippen MR) is 119 cm³/mol. The summed E-state index contributed by atoms with van der Waals surface area (Å²) in [5.74, 6) is 2.54. The van der Waals surface area contributed by atoms with E-state index in [0.29, 0.717) is 19.6 Å². The Morgan fingerprint density at radius 3 is 2.63 bits per heavy atom. The first kappa shape index (κ1) is 21.5. The van der Waals surface area contributed by atoms with Gasteiger partial charge in [0.05, 0.1) is 13.7 Å². The molecule has 0 aromatic heterocycles. The van der Waals surface area contributed by atoms with Crippen molar-refractivity contribution < 1.29 is 14.3 Å². The highest BCUT2D eigenvalue weighted by molar-refractivity contribution is 5.95. The summed E-state index contributed by atoms with van der Waals surface area (Å²) in [6, 6.07) is 15.7. The number of hydrogen-bond donors (Lipinski definition) is 2. The van der Waals surface area contributed by atoms with Crippen LogP contribution >= 0.6 is 0 Å². The van der Waals surface area contributed by atoms with Gasteiger partial charge < -0.3 is 25.0 Å². The van der Waals surface area contributed by atoms with Gasteiger partial charge in [0.25, 0.3) is 0 Å². The summed E-state index contributed by atoms with van der Waals surface area (Å²) >= 11 is 0. The Morgan fingerprint density at radius 2 is 1.93 bits per heavy atom. The van der Waals surface area contributed by atoms with E-state index in [-0.39, 0.29) is 5.91 Å². The molecule has 0 radical (unpaired) electrons. The van der Waals surface area contributed by atoms with Crippen molar-refractivity contribution >= 4 is 17.6 Å². The first-order chi connectivity index (χ1) is 14.7. The van der Waals surface area contributed by atoms with Gasteiger partial charge >= 0.3 is 0 Å². The number of rotatable bonds is 9. The van der Waals surface area contributed by atoms with E-state index in [0.717, 1.165) is 54.6 Å². The summed E-state index contributed by atoms with van der Waals surface area (Å²) in [7, 11) is 3.40. The minimum absolute atomic E-state index is 0.209. The lowest BCUT2D eigenvalue weighted by atomic mass is 10.2. The summed E-state index contributed by atoms with van der Waals surface area (Å²) in [6.07, 6.45) is 2.43. The SMILES string of the molecule is CN=C(NCCCOc1cccc(OC)c1)NCc1ccc(N2CCCC2=O)cc1. The van der Waals surface area contributed by atoms with Crippen molar-refractivity contribution in [2.75, 3.05) is 38.8 Å². The number of ether oxygens (including phenoxy) is 2. The molecule has 2 aromatic carbocycles. The molecule has 1 aliphatic heterocycles. The number of amides is 1. The third kappa shape index (κ3) is 6.14. The van der Waals surface area contributed by atoms with Crippen LogP contribution in [0.1, 0.15) is 24.8 Å². The Labute approximate surface area is 178 Å². The van der Waals surface area contributed by atoms with Gasteiger partial charge in [-0.15, -0.1) is 0 Å². The number of nitrogens with zero attached hydrogens (tertiary/aromatic N) is 2. The van der Waals surface area contributed by atoms with E-state index in [2.05, 4.69) is 15.6 Å². The molecule has 0 atom stereocenters. The molecule has 7 nitrogen and oxygen atoms in total. The molecule has 1 heterocycles. The van der Waals surface area contributed by atoms with Gasteiger partial charge in [-0.3, -0.25) is 9.79 Å². The monoisotopic (exact) mass is 410 g/mol. The van der Waals surface area contributed by atoms with Gasteiger partial charge in [0.1, 0.15) is 11.5 Å². The lowest BCUT2D eigenvalue weighted by Crippen LogP contribution is -2.37. The average molecular weight is 411 g/mol. The van der Waals surface area contributed by atoms with Crippen LogP contribution in [-0.2, 0) is 11.3 Å². The van der Waals surface area contributed by atoms with Crippen LogP contribution in [0.25, 0.3) is 0 Å². The molecule has 2 aromatic rings. The van der Waals surface area contributed by atoms with Gasteiger partial charge in [-0.05, 0) is 42.7 Å². The standard InChI is InChI=1S/C23H30N4O3/c1-24-23(25-13-5-15-30-21-7-3-6-20(16-21)29-2)26-17-18-9-11-19(12-10-18)27-14-4-8-22(27)28/h3,6-7,9-12,16H,4-5,8,13-15,17H2,1-2H3,(H2,24,25,26). The lowest BCUT2D eigenvalue weighted by molar-refractivity contribution is -0.117. The van der Waals surface area contributed by atoms with Crippen LogP contribution in [-0.4, -0.2) is 45.7 Å². The largest absolute Gasteiger partial charge is 0.497 e. The van der Waals surface area contributed by atoms with E-state index in [1.165, 1.54) is 0 Å². The maximum Gasteiger partial charge on any atom is 0.227 e. The van der Waals surface area contributed by atoms with Gasteiger partial charge in [-0.25, -0.2) is 0 Å². The number of methoxy groups -OCH3 is 1. The first-order valence-corrected chi connectivity index (χ1v) is 10.3. The van der Waals surface area contributed by atoms with E-state index in [1.807, 2.05) is 53.4 Å². The minimum atomic E-state index is 0.209. The molecular formula is C23H30N4O3. The van der Waals surface area contributed by atoms with Gasteiger partial charge in [0.2, 0.25) is 5.91 Å². The van der Waals surface area contributed by atoms with Gasteiger partial charge in [0.15, 0.2) is 5.96 Å². The maximum absolute atomic E-state index is 11.8. The van der Waals surface area contributed by atoms with Crippen LogP contribution in [0.2, 0.25) is 0 Å². The van der Waals surface area contributed by atoms with Gasteiger partial charge in [-0.2, -0.15) is 0 Å². The normalized spacial score (nSPS) is 14.0. The number of carbonyl (C=O) groups excluding carboxylic acids is 1. The van der Waals surface area contributed by atoms with Crippen LogP contribution in [0.3, 0.4) is 0 Å². The number of anilines is 1. The zero-order chi connectivity index (χ0) is 21.2. The highest BCUT2D eigenvalue weighted by Crippen LogP contribution is 2.21. The Hall–Kier alpha value is -3.22. The van der Waals surface area contributed by atoms with Crippen LogP contribution in [0.4, 0.5) is 5.69 Å². The van der Waals surface area contributed by atoms with Crippen molar-refractivity contribution in [3.8, 4) is 11.5 Å². The number of nitrogens with one attached hydrogen (secondary N) is 2. The number of benzene rings is 2. The summed E-state index contributed by atoms with van der Waals surface area (Å²) in [4.78, 5) is 18.0. The highest BCUT2D eigenvalue weighted by Gasteiger charge is 2.21. The number of hydrogen-bond acceptors (Lipinski definition) is 4. The summed E-state index contributed by atoms with van der Waals surface area (Å²) in [5, 5.41) is 6.60. The Morgan fingerprint density at radius 1 is 1.13 bits per heavy atom. The second-order valence-electron chi connectivity index (χ2n) is 7.05. The van der Waals surface area contributed by atoms with Crippen molar-refractivity contribution in [1.82, 2.24) is 10.6 Å². The van der Waals surface area contributed by atoms with E-state index in [9.17, 15) is 4.79 Å². The number of guanidine groups is 1. The Balaban J connectivity index is 1.36. The minimum Gasteiger partial charge on any atom is -0.497 e. The second-order valence-corrected chi connectivity index (χ2v) is 7.05. The third-order valence-corrected chi connectivity index (χ3v) is 4.93. The zero-order valence-corrected chi connectivity index (χ0v) is 17.7. The Bertz CT molecular complexity index is 852. The molecule has 1 saturated heterocycles. The summed E-state index contributed by atoms with van der Waals surface area (Å²) in [6.45, 7) is 2.83. The molecule has 3 rings (SSSR count). The third-order valence-electron chi connectivity index (χ3n) is 4.93. The van der Waals surface area contributed by atoms with Gasteiger partial charge in [0, 0.05) is 44.9 Å². The number of aliphatic imine (C=N–C) groups is 1. The van der Waals surface area contributed by atoms with Gasteiger partial charge in [-0.1, -0.05) is 18.2 Å². The van der Waals surface area contributed by atoms with Crippen LogP contribution in [0.15, 0.2) is 53.5 Å². The molecule has 160 valence electrons. The fraction of sp³-hybridized carbons (Fsp3) is 0.391. The molecule has 0 unspecified atom stereocenters. The molecule has 0 aliphatic carbocycles. The van der Waals surface area contributed by atoms with Crippen LogP contribution in [0.5, 0.6) is 11.5 Å². The molecule has 1 amide bonds. The van der Waals surface area contributed by atoms with Crippen molar-refractivity contribution in [3.05, 3.63) is 54.1 Å². The predicted octanol–water partition coefficient (Wildman–Crippen LogP) is 2.96. The molecule has 2 N–H and O–H groups in total. The van der Waals surface area contributed by atoms with E-state index in [1.54, 1.807) is 14.2 Å². The number of carbonyl (C=O) groups is 1. The summed E-state index contributed by atoms with van der Waals surface area (Å²) < 4.78 is 10.9. The molecular weight excluding hydrogens is 380 g/mol. The quantitative estimate of drug-likeness (QED) is 0.378. The molecule has 30 heavy (non-hydrogen) atoms.